The fraction of sp³-hybridized carbons (Fsp3) is 0.222. The zero-order chi connectivity index (χ0) is 14.7. The highest BCUT2D eigenvalue weighted by Gasteiger charge is 2.08. The van der Waals surface area contributed by atoms with Crippen LogP contribution < -0.4 is 10.1 Å². The molecule has 0 unspecified atom stereocenters. The first-order valence-electron chi connectivity index (χ1n) is 7.10. The van der Waals surface area contributed by atoms with Crippen LogP contribution in [-0.4, -0.2) is 7.11 Å². The summed E-state index contributed by atoms with van der Waals surface area (Å²) in [5, 5.41) is 7.20. The van der Waals surface area contributed by atoms with E-state index in [1.807, 2.05) is 23.5 Å². The minimum atomic E-state index is 0.291. The van der Waals surface area contributed by atoms with Crippen molar-refractivity contribution in [3.63, 3.8) is 0 Å². The van der Waals surface area contributed by atoms with Crippen LogP contribution in [-0.2, 0) is 6.54 Å². The molecule has 0 bridgehead atoms. The molecule has 2 nitrogen and oxygen atoms in total. The van der Waals surface area contributed by atoms with Crippen LogP contribution in [0.2, 0.25) is 0 Å². The fourth-order valence-electron chi connectivity index (χ4n) is 2.46. The van der Waals surface area contributed by atoms with Crippen molar-refractivity contribution in [1.82, 2.24) is 5.32 Å². The van der Waals surface area contributed by atoms with Crippen LogP contribution in [0.25, 0.3) is 10.1 Å². The van der Waals surface area contributed by atoms with Gasteiger partial charge in [0, 0.05) is 17.3 Å². The van der Waals surface area contributed by atoms with Crippen LogP contribution in [0.3, 0.4) is 0 Å². The molecule has 1 N–H and O–H groups in total. The molecule has 0 aliphatic heterocycles. The van der Waals surface area contributed by atoms with Crippen LogP contribution in [0.4, 0.5) is 0 Å². The molecular weight excluding hydrogens is 278 g/mol. The van der Waals surface area contributed by atoms with Gasteiger partial charge in [0.15, 0.2) is 0 Å². The van der Waals surface area contributed by atoms with E-state index in [9.17, 15) is 0 Å². The zero-order valence-corrected chi connectivity index (χ0v) is 13.1. The lowest BCUT2D eigenvalue weighted by Crippen LogP contribution is -2.17. The normalized spacial score (nSPS) is 12.5. The number of thiophene rings is 1. The molecule has 108 valence electrons. The summed E-state index contributed by atoms with van der Waals surface area (Å²) in [4.78, 5) is 0. The Labute approximate surface area is 129 Å². The minimum Gasteiger partial charge on any atom is -0.497 e. The summed E-state index contributed by atoms with van der Waals surface area (Å²) >= 11 is 1.81. The molecular formula is C18H19NOS. The first-order valence-corrected chi connectivity index (χ1v) is 7.98. The number of methoxy groups -OCH3 is 1. The molecule has 21 heavy (non-hydrogen) atoms. The molecule has 0 fully saturated rings. The Morgan fingerprint density at radius 1 is 1.14 bits per heavy atom. The summed E-state index contributed by atoms with van der Waals surface area (Å²) in [6, 6.07) is 17.1. The molecule has 0 aliphatic carbocycles. The van der Waals surface area contributed by atoms with Gasteiger partial charge < -0.3 is 10.1 Å². The van der Waals surface area contributed by atoms with Gasteiger partial charge in [-0.3, -0.25) is 0 Å². The van der Waals surface area contributed by atoms with Crippen LogP contribution >= 0.6 is 11.3 Å². The Morgan fingerprint density at radius 3 is 2.86 bits per heavy atom. The maximum atomic E-state index is 5.29. The third kappa shape index (κ3) is 3.09. The number of nitrogens with one attached hydrogen (secondary N) is 1. The second kappa shape index (κ2) is 6.29. The largest absolute Gasteiger partial charge is 0.497 e. The van der Waals surface area contributed by atoms with Crippen molar-refractivity contribution in [3.05, 3.63) is 65.0 Å². The summed E-state index contributed by atoms with van der Waals surface area (Å²) < 4.78 is 6.64. The maximum absolute atomic E-state index is 5.29. The van der Waals surface area contributed by atoms with Gasteiger partial charge in [-0.2, -0.15) is 0 Å². The zero-order valence-electron chi connectivity index (χ0n) is 12.3. The van der Waals surface area contributed by atoms with Gasteiger partial charge in [-0.05, 0) is 47.0 Å². The lowest BCUT2D eigenvalue weighted by atomic mass is 10.1. The number of ether oxygens (including phenoxy) is 1. The smallest absolute Gasteiger partial charge is 0.119 e. The standard InChI is InChI=1S/C18H19NOS/c1-13(14-6-5-7-16(10-14)20-2)19-11-15-12-21-18-9-4-3-8-17(15)18/h3-10,12-13,19H,11H2,1-2H3/t13-/m1/s1. The minimum absolute atomic E-state index is 0.291. The Balaban J connectivity index is 1.72. The average Bonchev–Trinajstić information content (AvgIpc) is 2.96. The van der Waals surface area contributed by atoms with Crippen molar-refractivity contribution in [2.45, 2.75) is 19.5 Å². The van der Waals surface area contributed by atoms with Gasteiger partial charge in [0.2, 0.25) is 0 Å². The average molecular weight is 297 g/mol. The van der Waals surface area contributed by atoms with Crippen LogP contribution in [0, 0.1) is 0 Å². The van der Waals surface area contributed by atoms with E-state index in [-0.39, 0.29) is 0 Å². The van der Waals surface area contributed by atoms with Gasteiger partial charge >= 0.3 is 0 Å². The first kappa shape index (κ1) is 14.1. The van der Waals surface area contributed by atoms with E-state index >= 15 is 0 Å². The summed E-state index contributed by atoms with van der Waals surface area (Å²) in [7, 11) is 1.70. The van der Waals surface area contributed by atoms with E-state index < -0.39 is 0 Å². The molecule has 0 radical (unpaired) electrons. The molecule has 3 rings (SSSR count). The monoisotopic (exact) mass is 297 g/mol. The number of hydrogen-bond acceptors (Lipinski definition) is 3. The molecule has 1 heterocycles. The van der Waals surface area contributed by atoms with E-state index in [2.05, 4.69) is 54.0 Å². The topological polar surface area (TPSA) is 21.3 Å². The molecule has 0 saturated heterocycles. The van der Waals surface area contributed by atoms with Crippen molar-refractivity contribution < 1.29 is 4.74 Å². The number of rotatable bonds is 5. The summed E-state index contributed by atoms with van der Waals surface area (Å²) in [6.45, 7) is 3.06. The third-order valence-corrected chi connectivity index (χ3v) is 4.77. The highest BCUT2D eigenvalue weighted by Crippen LogP contribution is 2.26. The summed E-state index contributed by atoms with van der Waals surface area (Å²) in [6.07, 6.45) is 0. The maximum Gasteiger partial charge on any atom is 0.119 e. The van der Waals surface area contributed by atoms with Crippen molar-refractivity contribution in [3.8, 4) is 5.75 Å². The molecule has 0 spiro atoms. The summed E-state index contributed by atoms with van der Waals surface area (Å²) in [5.74, 6) is 0.905. The Morgan fingerprint density at radius 2 is 2.00 bits per heavy atom. The molecule has 3 aromatic rings. The van der Waals surface area contributed by atoms with Crippen LogP contribution in [0.15, 0.2) is 53.9 Å². The molecule has 0 saturated carbocycles. The highest BCUT2D eigenvalue weighted by molar-refractivity contribution is 7.17. The number of benzene rings is 2. The highest BCUT2D eigenvalue weighted by atomic mass is 32.1. The fourth-order valence-corrected chi connectivity index (χ4v) is 3.42. The second-order valence-electron chi connectivity index (χ2n) is 5.14. The molecule has 1 atom stereocenters. The first-order chi connectivity index (χ1) is 10.3. The van der Waals surface area contributed by atoms with Crippen molar-refractivity contribution in [2.75, 3.05) is 7.11 Å². The van der Waals surface area contributed by atoms with Gasteiger partial charge in [-0.25, -0.2) is 0 Å². The van der Waals surface area contributed by atoms with Crippen molar-refractivity contribution in [2.24, 2.45) is 0 Å². The van der Waals surface area contributed by atoms with E-state index in [0.29, 0.717) is 6.04 Å². The molecule has 3 heteroatoms. The lowest BCUT2D eigenvalue weighted by molar-refractivity contribution is 0.413. The SMILES string of the molecule is COc1cccc([C@@H](C)NCc2csc3ccccc23)c1. The third-order valence-electron chi connectivity index (χ3n) is 3.75. The lowest BCUT2D eigenvalue weighted by Gasteiger charge is -2.15. The molecule has 0 aliphatic rings. The van der Waals surface area contributed by atoms with Crippen molar-refractivity contribution >= 4 is 21.4 Å². The van der Waals surface area contributed by atoms with E-state index in [4.69, 9.17) is 4.74 Å². The van der Waals surface area contributed by atoms with E-state index in [1.54, 1.807) is 7.11 Å². The number of fused-ring (bicyclic) bond motifs is 1. The van der Waals surface area contributed by atoms with E-state index in [1.165, 1.54) is 21.2 Å². The van der Waals surface area contributed by atoms with Gasteiger partial charge in [-0.1, -0.05) is 30.3 Å². The van der Waals surface area contributed by atoms with Crippen molar-refractivity contribution in [1.29, 1.82) is 0 Å². The van der Waals surface area contributed by atoms with Crippen LogP contribution in [0.1, 0.15) is 24.1 Å². The van der Waals surface area contributed by atoms with Crippen LogP contribution in [0.5, 0.6) is 5.75 Å². The predicted octanol–water partition coefficient (Wildman–Crippen LogP) is 4.76. The quantitative estimate of drug-likeness (QED) is 0.733. The predicted molar refractivity (Wildman–Crippen MR) is 90.1 cm³/mol. The Kier molecular flexibility index (Phi) is 4.23. The second-order valence-corrected chi connectivity index (χ2v) is 6.05. The summed E-state index contributed by atoms with van der Waals surface area (Å²) in [5.41, 5.74) is 2.61. The molecule has 1 aromatic heterocycles. The molecule has 2 aromatic carbocycles. The molecule has 0 amide bonds. The Hall–Kier alpha value is -1.84. The van der Waals surface area contributed by atoms with E-state index in [0.717, 1.165) is 12.3 Å². The van der Waals surface area contributed by atoms with Gasteiger partial charge in [0.1, 0.15) is 5.75 Å². The van der Waals surface area contributed by atoms with Gasteiger partial charge in [0.25, 0.3) is 0 Å². The number of hydrogen-bond donors (Lipinski definition) is 1. The Bertz CT molecular complexity index is 735. The van der Waals surface area contributed by atoms with Gasteiger partial charge in [-0.15, -0.1) is 11.3 Å². The van der Waals surface area contributed by atoms with Gasteiger partial charge in [0.05, 0.1) is 7.11 Å².